The maximum absolute atomic E-state index is 14.1. The molecule has 1 saturated heterocycles. The van der Waals surface area contributed by atoms with Crippen LogP contribution in [0.15, 0.2) is 12.1 Å². The number of nitrogens with zero attached hydrogens (tertiary/aromatic N) is 2. The average Bonchev–Trinajstić information content (AvgIpc) is 2.60. The summed E-state index contributed by atoms with van der Waals surface area (Å²) in [6.45, 7) is 3.11. The molecule has 0 atom stereocenters. The van der Waals surface area contributed by atoms with Crippen LogP contribution in [0.25, 0.3) is 0 Å². The fraction of sp³-hybridized carbons (Fsp3) is 0.529. The van der Waals surface area contributed by atoms with Crippen LogP contribution in [0.2, 0.25) is 0 Å². The van der Waals surface area contributed by atoms with Crippen molar-refractivity contribution >= 4 is 11.9 Å². The standard InChI is InChI=1S/C17H22F2N2O4/c1-3-20(10-14(22)23)11-6-8-21(9-7-11)17(24)15-12(18)4-5-13(19)16(15)25-2/h4-5,11H,3,6-10H2,1-2H3,(H,22,23). The molecule has 0 aromatic heterocycles. The van der Waals surface area contributed by atoms with E-state index in [-0.39, 0.29) is 12.6 Å². The summed E-state index contributed by atoms with van der Waals surface area (Å²) in [6, 6.07) is 1.87. The van der Waals surface area contributed by atoms with Crippen LogP contribution in [0, 0.1) is 11.6 Å². The number of carbonyl (C=O) groups is 2. The lowest BCUT2D eigenvalue weighted by molar-refractivity contribution is -0.139. The molecule has 1 amide bonds. The Hall–Kier alpha value is -2.22. The van der Waals surface area contributed by atoms with Gasteiger partial charge in [-0.15, -0.1) is 0 Å². The molecule has 1 aromatic carbocycles. The summed E-state index contributed by atoms with van der Waals surface area (Å²) in [7, 11) is 1.19. The number of likely N-dealkylation sites (tertiary alicyclic amines) is 1. The zero-order valence-corrected chi connectivity index (χ0v) is 14.3. The van der Waals surface area contributed by atoms with E-state index in [1.54, 1.807) is 0 Å². The molecule has 8 heteroatoms. The summed E-state index contributed by atoms with van der Waals surface area (Å²) in [4.78, 5) is 26.8. The van der Waals surface area contributed by atoms with E-state index in [0.29, 0.717) is 32.5 Å². The van der Waals surface area contributed by atoms with E-state index < -0.39 is 34.8 Å². The Morgan fingerprint density at radius 3 is 2.40 bits per heavy atom. The molecular formula is C17H22F2N2O4. The third-order valence-corrected chi connectivity index (χ3v) is 4.49. The van der Waals surface area contributed by atoms with Crippen LogP contribution in [-0.2, 0) is 4.79 Å². The van der Waals surface area contributed by atoms with Crippen molar-refractivity contribution in [3.8, 4) is 5.75 Å². The second kappa shape index (κ2) is 8.24. The minimum atomic E-state index is -0.896. The predicted octanol–water partition coefficient (Wildman–Crippen LogP) is 1.98. The number of carbonyl (C=O) groups excluding carboxylic acids is 1. The molecule has 0 saturated carbocycles. The number of carboxylic acids is 1. The minimum absolute atomic E-state index is 0.0457. The van der Waals surface area contributed by atoms with E-state index >= 15 is 0 Å². The number of ether oxygens (including phenoxy) is 1. The van der Waals surface area contributed by atoms with Gasteiger partial charge in [-0.2, -0.15) is 0 Å². The molecule has 1 aliphatic rings. The zero-order valence-electron chi connectivity index (χ0n) is 14.3. The van der Waals surface area contributed by atoms with Crippen molar-refractivity contribution in [2.24, 2.45) is 0 Å². The van der Waals surface area contributed by atoms with E-state index in [1.807, 2.05) is 11.8 Å². The molecule has 0 unspecified atom stereocenters. The summed E-state index contributed by atoms with van der Waals surface area (Å²) < 4.78 is 32.7. The normalized spacial score (nSPS) is 15.5. The minimum Gasteiger partial charge on any atom is -0.493 e. The number of methoxy groups -OCH3 is 1. The van der Waals surface area contributed by atoms with E-state index in [4.69, 9.17) is 9.84 Å². The van der Waals surface area contributed by atoms with Crippen molar-refractivity contribution in [3.05, 3.63) is 29.3 Å². The number of halogens is 2. The van der Waals surface area contributed by atoms with Gasteiger partial charge in [0.2, 0.25) is 0 Å². The number of piperidine rings is 1. The van der Waals surface area contributed by atoms with Gasteiger partial charge in [-0.05, 0) is 31.5 Å². The van der Waals surface area contributed by atoms with Crippen molar-refractivity contribution in [2.45, 2.75) is 25.8 Å². The quantitative estimate of drug-likeness (QED) is 0.844. The van der Waals surface area contributed by atoms with Crippen LogP contribution in [0.5, 0.6) is 5.75 Å². The summed E-state index contributed by atoms with van der Waals surface area (Å²) in [6.07, 6.45) is 1.15. The molecule has 1 N–H and O–H groups in total. The van der Waals surface area contributed by atoms with E-state index in [0.717, 1.165) is 12.1 Å². The first-order valence-electron chi connectivity index (χ1n) is 8.16. The molecule has 0 bridgehead atoms. The number of rotatable bonds is 6. The van der Waals surface area contributed by atoms with Crippen LogP contribution in [0.4, 0.5) is 8.78 Å². The number of hydrogen-bond donors (Lipinski definition) is 1. The van der Waals surface area contributed by atoms with Crippen LogP contribution in [0.1, 0.15) is 30.1 Å². The fourth-order valence-electron chi connectivity index (χ4n) is 3.20. The third-order valence-electron chi connectivity index (χ3n) is 4.49. The molecule has 1 aliphatic heterocycles. The summed E-state index contributed by atoms with van der Waals surface area (Å²) in [5, 5.41) is 8.95. The Kier molecular flexibility index (Phi) is 6.30. The average molecular weight is 356 g/mol. The van der Waals surface area contributed by atoms with Crippen LogP contribution in [-0.4, -0.2) is 66.1 Å². The molecular weight excluding hydrogens is 334 g/mol. The topological polar surface area (TPSA) is 70.1 Å². The summed E-state index contributed by atoms with van der Waals surface area (Å²) in [5.74, 6) is -3.53. The van der Waals surface area contributed by atoms with Crippen LogP contribution < -0.4 is 4.74 Å². The van der Waals surface area contributed by atoms with Crippen molar-refractivity contribution in [1.29, 1.82) is 0 Å². The number of benzene rings is 1. The molecule has 6 nitrogen and oxygen atoms in total. The molecule has 2 rings (SSSR count). The second-order valence-corrected chi connectivity index (χ2v) is 5.92. The number of aliphatic carboxylic acids is 1. The van der Waals surface area contributed by atoms with Gasteiger partial charge >= 0.3 is 5.97 Å². The molecule has 0 spiro atoms. The van der Waals surface area contributed by atoms with Crippen molar-refractivity contribution in [2.75, 3.05) is 33.3 Å². The van der Waals surface area contributed by atoms with E-state index in [9.17, 15) is 18.4 Å². The summed E-state index contributed by atoms with van der Waals surface area (Å²) in [5.41, 5.74) is -0.404. The van der Waals surface area contributed by atoms with Gasteiger partial charge in [-0.25, -0.2) is 8.78 Å². The van der Waals surface area contributed by atoms with Gasteiger partial charge in [0.25, 0.3) is 5.91 Å². The highest BCUT2D eigenvalue weighted by Crippen LogP contribution is 2.28. The molecule has 25 heavy (non-hydrogen) atoms. The van der Waals surface area contributed by atoms with Gasteiger partial charge in [-0.3, -0.25) is 14.5 Å². The van der Waals surface area contributed by atoms with Gasteiger partial charge < -0.3 is 14.7 Å². The largest absolute Gasteiger partial charge is 0.493 e. The number of amides is 1. The zero-order chi connectivity index (χ0) is 18.6. The van der Waals surface area contributed by atoms with Crippen LogP contribution >= 0.6 is 0 Å². The Balaban J connectivity index is 2.10. The highest BCUT2D eigenvalue weighted by Gasteiger charge is 2.31. The molecule has 1 fully saturated rings. The first kappa shape index (κ1) is 19.1. The van der Waals surface area contributed by atoms with Crippen molar-refractivity contribution in [1.82, 2.24) is 9.80 Å². The first-order valence-corrected chi connectivity index (χ1v) is 8.16. The monoisotopic (exact) mass is 356 g/mol. The van der Waals surface area contributed by atoms with Crippen molar-refractivity contribution < 1.29 is 28.2 Å². The highest BCUT2D eigenvalue weighted by molar-refractivity contribution is 5.97. The lowest BCUT2D eigenvalue weighted by Crippen LogP contribution is -2.48. The summed E-state index contributed by atoms with van der Waals surface area (Å²) >= 11 is 0. The van der Waals surface area contributed by atoms with Gasteiger partial charge in [0.1, 0.15) is 11.4 Å². The van der Waals surface area contributed by atoms with Crippen LogP contribution in [0.3, 0.4) is 0 Å². The highest BCUT2D eigenvalue weighted by atomic mass is 19.1. The number of hydrogen-bond acceptors (Lipinski definition) is 4. The first-order chi connectivity index (χ1) is 11.9. The van der Waals surface area contributed by atoms with Gasteiger partial charge in [0.15, 0.2) is 11.6 Å². The Labute approximate surface area is 145 Å². The number of carboxylic acid groups (broad SMARTS) is 1. The second-order valence-electron chi connectivity index (χ2n) is 5.92. The van der Waals surface area contributed by atoms with E-state index in [1.165, 1.54) is 12.0 Å². The maximum Gasteiger partial charge on any atom is 0.317 e. The van der Waals surface area contributed by atoms with Gasteiger partial charge in [0, 0.05) is 19.1 Å². The maximum atomic E-state index is 14.1. The lowest BCUT2D eigenvalue weighted by Gasteiger charge is -2.37. The Morgan fingerprint density at radius 2 is 1.88 bits per heavy atom. The Morgan fingerprint density at radius 1 is 1.28 bits per heavy atom. The van der Waals surface area contributed by atoms with Gasteiger partial charge in [-0.1, -0.05) is 6.92 Å². The molecule has 138 valence electrons. The SMILES string of the molecule is CCN(CC(=O)O)C1CCN(C(=O)c2c(F)ccc(F)c2OC)CC1. The Bertz CT molecular complexity index is 646. The van der Waals surface area contributed by atoms with Crippen molar-refractivity contribution in [3.63, 3.8) is 0 Å². The number of likely N-dealkylation sites (N-methyl/N-ethyl adjacent to an activating group) is 1. The predicted molar refractivity (Wildman–Crippen MR) is 86.7 cm³/mol. The van der Waals surface area contributed by atoms with E-state index in [2.05, 4.69) is 0 Å². The smallest absolute Gasteiger partial charge is 0.317 e. The molecule has 1 aromatic rings. The lowest BCUT2D eigenvalue weighted by atomic mass is 10.0. The molecule has 0 radical (unpaired) electrons. The molecule has 1 heterocycles. The third kappa shape index (κ3) is 4.25. The fourth-order valence-corrected chi connectivity index (χ4v) is 3.20. The van der Waals surface area contributed by atoms with Gasteiger partial charge in [0.05, 0.1) is 13.7 Å². The molecule has 0 aliphatic carbocycles.